The molecular weight excluding hydrogens is 284 g/mol. The lowest BCUT2D eigenvalue weighted by Gasteiger charge is -2.30. The molecule has 0 bridgehead atoms. The molecule has 1 atom stereocenters. The molecule has 1 aliphatic rings. The Balaban J connectivity index is 1.72. The minimum Gasteiger partial charge on any atom is -0.382 e. The van der Waals surface area contributed by atoms with Gasteiger partial charge in [0.25, 0.3) is 0 Å². The van der Waals surface area contributed by atoms with Gasteiger partial charge in [-0.1, -0.05) is 30.3 Å². The summed E-state index contributed by atoms with van der Waals surface area (Å²) in [6.07, 6.45) is 0.204. The lowest BCUT2D eigenvalue weighted by molar-refractivity contribution is -0.0116. The molecular formula is C15H20N4OS. The average Bonchev–Trinajstić information content (AvgIpc) is 2.87. The molecule has 1 aromatic heterocycles. The van der Waals surface area contributed by atoms with Crippen LogP contribution in [0.5, 0.6) is 0 Å². The highest BCUT2D eigenvalue weighted by atomic mass is 32.1. The number of aromatic nitrogens is 1. The Morgan fingerprint density at radius 1 is 1.43 bits per heavy atom. The highest BCUT2D eigenvalue weighted by Gasteiger charge is 2.19. The molecule has 1 aliphatic heterocycles. The molecule has 1 aromatic carbocycles. The van der Waals surface area contributed by atoms with Gasteiger partial charge in [0.2, 0.25) is 0 Å². The van der Waals surface area contributed by atoms with Crippen LogP contribution in [0.2, 0.25) is 0 Å². The summed E-state index contributed by atoms with van der Waals surface area (Å²) < 4.78 is 10.0. The van der Waals surface area contributed by atoms with Crippen molar-refractivity contribution in [1.29, 1.82) is 0 Å². The van der Waals surface area contributed by atoms with Gasteiger partial charge < -0.3 is 20.7 Å². The van der Waals surface area contributed by atoms with Crippen molar-refractivity contribution in [3.63, 3.8) is 0 Å². The number of benzene rings is 1. The van der Waals surface area contributed by atoms with Crippen molar-refractivity contribution < 1.29 is 4.74 Å². The molecule has 1 saturated heterocycles. The zero-order chi connectivity index (χ0) is 14.7. The van der Waals surface area contributed by atoms with E-state index in [1.807, 2.05) is 18.2 Å². The molecule has 3 N–H and O–H groups in total. The minimum absolute atomic E-state index is 0.204. The van der Waals surface area contributed by atoms with E-state index in [4.69, 9.17) is 10.5 Å². The molecule has 0 spiro atoms. The van der Waals surface area contributed by atoms with E-state index in [1.54, 1.807) is 0 Å². The van der Waals surface area contributed by atoms with Gasteiger partial charge in [0, 0.05) is 19.6 Å². The van der Waals surface area contributed by atoms with Gasteiger partial charge in [0.05, 0.1) is 18.3 Å². The number of rotatable bonds is 4. The van der Waals surface area contributed by atoms with Crippen LogP contribution in [0.1, 0.15) is 0 Å². The maximum atomic E-state index is 6.02. The molecule has 2 aromatic rings. The van der Waals surface area contributed by atoms with Gasteiger partial charge in [-0.15, -0.1) is 0 Å². The number of hydrogen-bond donors (Lipinski definition) is 2. The fourth-order valence-corrected chi connectivity index (χ4v) is 3.25. The standard InChI is InChI=1S/C15H20N4OS/c1-19-7-8-20-12(10-19)9-17-15-13(14(16)18-21-15)11-5-3-2-4-6-11/h2-6,12,17H,7-10H2,1H3,(H2,16,18). The largest absolute Gasteiger partial charge is 0.382 e. The monoisotopic (exact) mass is 304 g/mol. The third-order valence-electron chi connectivity index (χ3n) is 3.61. The summed E-state index contributed by atoms with van der Waals surface area (Å²) >= 11 is 1.41. The Bertz CT molecular complexity index is 587. The number of morpholine rings is 1. The Kier molecular flexibility index (Phi) is 4.38. The first-order valence-electron chi connectivity index (χ1n) is 7.08. The van der Waals surface area contributed by atoms with Crippen molar-refractivity contribution in [2.45, 2.75) is 6.10 Å². The third kappa shape index (κ3) is 3.34. The van der Waals surface area contributed by atoms with Gasteiger partial charge in [-0.3, -0.25) is 0 Å². The van der Waals surface area contributed by atoms with Gasteiger partial charge in [0.15, 0.2) is 0 Å². The van der Waals surface area contributed by atoms with E-state index in [0.29, 0.717) is 5.82 Å². The van der Waals surface area contributed by atoms with E-state index in [2.05, 4.69) is 33.8 Å². The first-order valence-corrected chi connectivity index (χ1v) is 7.86. The molecule has 0 saturated carbocycles. The van der Waals surface area contributed by atoms with E-state index in [9.17, 15) is 0 Å². The quantitative estimate of drug-likeness (QED) is 0.906. The van der Waals surface area contributed by atoms with Crippen LogP contribution in [0.3, 0.4) is 0 Å². The first kappa shape index (κ1) is 14.3. The second kappa shape index (κ2) is 6.43. The normalized spacial score (nSPS) is 19.6. The summed E-state index contributed by atoms with van der Waals surface area (Å²) in [5, 5.41) is 4.46. The van der Waals surface area contributed by atoms with Crippen molar-refractivity contribution >= 4 is 22.4 Å². The van der Waals surface area contributed by atoms with Crippen LogP contribution in [0, 0.1) is 0 Å². The second-order valence-electron chi connectivity index (χ2n) is 5.27. The molecule has 5 nitrogen and oxygen atoms in total. The molecule has 1 fully saturated rings. The van der Waals surface area contributed by atoms with Crippen LogP contribution in [-0.4, -0.2) is 48.7 Å². The van der Waals surface area contributed by atoms with E-state index < -0.39 is 0 Å². The number of ether oxygens (including phenoxy) is 1. The van der Waals surface area contributed by atoms with Crippen LogP contribution in [-0.2, 0) is 4.74 Å². The van der Waals surface area contributed by atoms with Crippen LogP contribution in [0.4, 0.5) is 10.8 Å². The second-order valence-corrected chi connectivity index (χ2v) is 6.05. The molecule has 1 unspecified atom stereocenters. The number of nitrogens with two attached hydrogens (primary N) is 1. The van der Waals surface area contributed by atoms with Crippen molar-refractivity contribution in [3.8, 4) is 11.1 Å². The number of nitrogen functional groups attached to an aromatic ring is 1. The van der Waals surface area contributed by atoms with Gasteiger partial charge in [0.1, 0.15) is 10.8 Å². The molecule has 3 rings (SSSR count). The van der Waals surface area contributed by atoms with Crippen LogP contribution in [0.15, 0.2) is 30.3 Å². The summed E-state index contributed by atoms with van der Waals surface area (Å²) in [6, 6.07) is 10.1. The Morgan fingerprint density at radius 2 is 2.24 bits per heavy atom. The van der Waals surface area contributed by atoms with Crippen molar-refractivity contribution in [3.05, 3.63) is 30.3 Å². The summed E-state index contributed by atoms with van der Waals surface area (Å²) in [6.45, 7) is 3.51. The molecule has 0 radical (unpaired) electrons. The molecule has 0 amide bonds. The Labute approximate surface area is 128 Å². The summed E-state index contributed by atoms with van der Waals surface area (Å²) in [4.78, 5) is 2.29. The van der Waals surface area contributed by atoms with Gasteiger partial charge in [-0.25, -0.2) is 0 Å². The number of anilines is 2. The Hall–Kier alpha value is -1.63. The SMILES string of the molecule is CN1CCOC(CNc2snc(N)c2-c2ccccc2)C1. The fraction of sp³-hybridized carbons (Fsp3) is 0.400. The number of likely N-dealkylation sites (N-methyl/N-ethyl adjacent to an activating group) is 1. The highest BCUT2D eigenvalue weighted by molar-refractivity contribution is 7.11. The maximum Gasteiger partial charge on any atom is 0.147 e. The minimum atomic E-state index is 0.204. The average molecular weight is 304 g/mol. The predicted octanol–water partition coefficient (Wildman–Crippen LogP) is 2.13. The lowest BCUT2D eigenvalue weighted by Crippen LogP contribution is -2.43. The molecule has 21 heavy (non-hydrogen) atoms. The topological polar surface area (TPSA) is 63.4 Å². The van der Waals surface area contributed by atoms with Crippen molar-refractivity contribution in [2.75, 3.05) is 44.3 Å². The maximum absolute atomic E-state index is 6.02. The van der Waals surface area contributed by atoms with Gasteiger partial charge >= 0.3 is 0 Å². The van der Waals surface area contributed by atoms with Gasteiger partial charge in [-0.2, -0.15) is 4.37 Å². The first-order chi connectivity index (χ1) is 10.2. The Morgan fingerprint density at radius 3 is 3.00 bits per heavy atom. The zero-order valence-corrected chi connectivity index (χ0v) is 12.9. The number of hydrogen-bond acceptors (Lipinski definition) is 6. The van der Waals surface area contributed by atoms with Gasteiger partial charge in [-0.05, 0) is 24.1 Å². The lowest BCUT2D eigenvalue weighted by atomic mass is 10.1. The van der Waals surface area contributed by atoms with Crippen LogP contribution in [0.25, 0.3) is 11.1 Å². The van der Waals surface area contributed by atoms with Crippen LogP contribution >= 0.6 is 11.5 Å². The zero-order valence-electron chi connectivity index (χ0n) is 12.1. The fourth-order valence-electron chi connectivity index (χ4n) is 2.50. The van der Waals surface area contributed by atoms with E-state index in [-0.39, 0.29) is 6.10 Å². The van der Waals surface area contributed by atoms with Crippen molar-refractivity contribution in [2.24, 2.45) is 0 Å². The molecule has 0 aliphatic carbocycles. The molecule has 2 heterocycles. The third-order valence-corrected chi connectivity index (χ3v) is 4.43. The summed E-state index contributed by atoms with van der Waals surface area (Å²) in [5.41, 5.74) is 8.11. The van der Waals surface area contributed by atoms with Crippen LogP contribution < -0.4 is 11.1 Å². The summed E-state index contributed by atoms with van der Waals surface area (Å²) in [5.74, 6) is 0.579. The summed E-state index contributed by atoms with van der Waals surface area (Å²) in [7, 11) is 2.12. The van der Waals surface area contributed by atoms with E-state index >= 15 is 0 Å². The number of nitrogens with one attached hydrogen (secondary N) is 1. The predicted molar refractivity (Wildman–Crippen MR) is 87.7 cm³/mol. The van der Waals surface area contributed by atoms with Crippen molar-refractivity contribution in [1.82, 2.24) is 9.27 Å². The molecule has 112 valence electrons. The highest BCUT2D eigenvalue weighted by Crippen LogP contribution is 2.36. The number of nitrogens with zero attached hydrogens (tertiary/aromatic N) is 2. The van der Waals surface area contributed by atoms with E-state index in [1.165, 1.54) is 11.5 Å². The molecule has 6 heteroatoms. The van der Waals surface area contributed by atoms with E-state index in [0.717, 1.165) is 42.4 Å². The smallest absolute Gasteiger partial charge is 0.147 e.